The molecule has 2 fully saturated rings. The highest BCUT2D eigenvalue weighted by Gasteiger charge is 2.37. The number of nitrogens with zero attached hydrogens (tertiary/aromatic N) is 6. The van der Waals surface area contributed by atoms with Gasteiger partial charge in [0, 0.05) is 37.6 Å². The van der Waals surface area contributed by atoms with E-state index >= 15 is 0 Å². The molecule has 1 unspecified atom stereocenters. The van der Waals surface area contributed by atoms with E-state index in [1.807, 2.05) is 36.1 Å². The minimum atomic E-state index is -4.66. The predicted octanol–water partition coefficient (Wildman–Crippen LogP) is 3.58. The second-order valence-corrected chi connectivity index (χ2v) is 8.51. The molecule has 39 heavy (non-hydrogen) atoms. The SMILES string of the molecule is CCN1CC(c2ccc(OC)cc2)OC1=O.Nc1ncc(-c2ccnc(N3CCOCC3)n2)c(C(F)(F)F)n1. The van der Waals surface area contributed by atoms with Crippen LogP contribution in [0.25, 0.3) is 11.3 Å². The number of hydrogen-bond donors (Lipinski definition) is 1. The largest absolute Gasteiger partial charge is 0.497 e. The third kappa shape index (κ3) is 6.82. The Morgan fingerprint density at radius 3 is 2.44 bits per heavy atom. The van der Waals surface area contributed by atoms with Gasteiger partial charge in [-0.2, -0.15) is 13.2 Å². The summed E-state index contributed by atoms with van der Waals surface area (Å²) in [6.07, 6.45) is -2.61. The molecular weight excluding hydrogens is 519 g/mol. The summed E-state index contributed by atoms with van der Waals surface area (Å²) < 4.78 is 55.0. The Labute approximate surface area is 222 Å². The Morgan fingerprint density at radius 2 is 1.82 bits per heavy atom. The Balaban J connectivity index is 0.000000193. The van der Waals surface area contributed by atoms with Crippen LogP contribution in [0.4, 0.5) is 29.9 Å². The number of hydrogen-bond acceptors (Lipinski definition) is 10. The Kier molecular flexibility index (Phi) is 8.64. The second-order valence-electron chi connectivity index (χ2n) is 8.51. The molecule has 2 saturated heterocycles. The van der Waals surface area contributed by atoms with Crippen LogP contribution < -0.4 is 15.4 Å². The molecule has 208 valence electrons. The maximum atomic E-state index is 13.2. The molecule has 2 N–H and O–H groups in total. The van der Waals surface area contributed by atoms with Crippen molar-refractivity contribution in [2.75, 3.05) is 57.1 Å². The van der Waals surface area contributed by atoms with Gasteiger partial charge in [0.05, 0.1) is 32.6 Å². The zero-order valence-corrected chi connectivity index (χ0v) is 21.4. The molecule has 0 bridgehead atoms. The van der Waals surface area contributed by atoms with E-state index in [1.54, 1.807) is 12.0 Å². The number of carbonyl (C=O) groups excluding carboxylic acids is 1. The molecule has 0 radical (unpaired) electrons. The summed E-state index contributed by atoms with van der Waals surface area (Å²) in [5, 5.41) is 0. The van der Waals surface area contributed by atoms with Gasteiger partial charge in [-0.25, -0.2) is 24.7 Å². The van der Waals surface area contributed by atoms with Gasteiger partial charge in [0.2, 0.25) is 11.9 Å². The fourth-order valence-corrected chi connectivity index (χ4v) is 3.97. The lowest BCUT2D eigenvalue weighted by molar-refractivity contribution is -0.140. The van der Waals surface area contributed by atoms with E-state index in [1.165, 1.54) is 12.3 Å². The van der Waals surface area contributed by atoms with Crippen molar-refractivity contribution in [3.8, 4) is 17.0 Å². The standard InChI is InChI=1S/C13H13F3N6O.C12H15NO3/c14-13(15,16)10-8(7-19-11(17)21-10)9-1-2-18-12(20-9)22-3-5-23-6-4-22;1-3-13-8-11(16-12(13)14)9-4-6-10(15-2)7-5-9/h1-2,7H,3-6H2,(H2,17,19,21);4-7,11H,3,8H2,1-2H3. The van der Waals surface area contributed by atoms with E-state index in [0.29, 0.717) is 45.3 Å². The van der Waals surface area contributed by atoms with E-state index in [-0.39, 0.29) is 23.5 Å². The van der Waals surface area contributed by atoms with Gasteiger partial charge < -0.3 is 29.7 Å². The molecule has 4 heterocycles. The molecule has 2 aromatic heterocycles. The first kappa shape index (κ1) is 27.8. The number of morpholine rings is 1. The molecule has 0 aliphatic carbocycles. The average molecular weight is 548 g/mol. The Hall–Kier alpha value is -4.20. The highest BCUT2D eigenvalue weighted by molar-refractivity contribution is 5.70. The maximum absolute atomic E-state index is 13.2. The number of likely N-dealkylation sites (N-methyl/N-ethyl adjacent to an activating group) is 1. The summed E-state index contributed by atoms with van der Waals surface area (Å²) in [6.45, 7) is 5.45. The van der Waals surface area contributed by atoms with Crippen LogP contribution in [0.15, 0.2) is 42.7 Å². The average Bonchev–Trinajstić information content (AvgIpc) is 3.34. The summed E-state index contributed by atoms with van der Waals surface area (Å²) in [7, 11) is 1.63. The number of aromatic nitrogens is 4. The number of rotatable bonds is 5. The number of benzene rings is 1. The van der Waals surface area contributed by atoms with Crippen molar-refractivity contribution < 1.29 is 32.2 Å². The van der Waals surface area contributed by atoms with Crippen LogP contribution in [0.5, 0.6) is 5.75 Å². The first-order valence-electron chi connectivity index (χ1n) is 12.1. The van der Waals surface area contributed by atoms with Crippen LogP contribution in [0.1, 0.15) is 24.3 Å². The highest BCUT2D eigenvalue weighted by atomic mass is 19.4. The highest BCUT2D eigenvalue weighted by Crippen LogP contribution is 2.35. The smallest absolute Gasteiger partial charge is 0.434 e. The van der Waals surface area contributed by atoms with Crippen LogP contribution in [-0.2, 0) is 15.7 Å². The van der Waals surface area contributed by atoms with Crippen molar-refractivity contribution in [1.29, 1.82) is 0 Å². The minimum Gasteiger partial charge on any atom is -0.497 e. The van der Waals surface area contributed by atoms with Crippen LogP contribution in [0.3, 0.4) is 0 Å². The quantitative estimate of drug-likeness (QED) is 0.506. The molecule has 1 amide bonds. The summed E-state index contributed by atoms with van der Waals surface area (Å²) in [6, 6.07) is 8.98. The summed E-state index contributed by atoms with van der Waals surface area (Å²) in [4.78, 5) is 30.2. The van der Waals surface area contributed by atoms with Gasteiger partial charge in [-0.3, -0.25) is 0 Å². The number of carbonyl (C=O) groups is 1. The first-order valence-corrected chi connectivity index (χ1v) is 12.1. The third-order valence-corrected chi connectivity index (χ3v) is 6.05. The number of amides is 1. The van der Waals surface area contributed by atoms with Crippen LogP contribution in [-0.4, -0.2) is 77.4 Å². The van der Waals surface area contributed by atoms with Crippen molar-refractivity contribution >= 4 is 18.0 Å². The number of alkyl halides is 3. The van der Waals surface area contributed by atoms with Crippen molar-refractivity contribution in [3.63, 3.8) is 0 Å². The molecule has 2 aliphatic heterocycles. The van der Waals surface area contributed by atoms with Gasteiger partial charge in [0.1, 0.15) is 11.9 Å². The minimum absolute atomic E-state index is 0.0915. The summed E-state index contributed by atoms with van der Waals surface area (Å²) >= 11 is 0. The molecule has 0 spiro atoms. The van der Waals surface area contributed by atoms with Gasteiger partial charge in [0.15, 0.2) is 5.69 Å². The van der Waals surface area contributed by atoms with Crippen molar-refractivity contribution in [1.82, 2.24) is 24.8 Å². The molecular formula is C25H28F3N7O4. The van der Waals surface area contributed by atoms with Crippen molar-refractivity contribution in [2.24, 2.45) is 0 Å². The van der Waals surface area contributed by atoms with Gasteiger partial charge in [-0.15, -0.1) is 0 Å². The van der Waals surface area contributed by atoms with Crippen molar-refractivity contribution in [2.45, 2.75) is 19.2 Å². The molecule has 0 saturated carbocycles. The second kappa shape index (κ2) is 12.1. The fourth-order valence-electron chi connectivity index (χ4n) is 3.97. The lowest BCUT2D eigenvalue weighted by Gasteiger charge is -2.26. The molecule has 2 aliphatic rings. The number of nitrogens with two attached hydrogens (primary N) is 1. The third-order valence-electron chi connectivity index (χ3n) is 6.05. The molecule has 5 rings (SSSR count). The topological polar surface area (TPSA) is 129 Å². The molecule has 11 nitrogen and oxygen atoms in total. The van der Waals surface area contributed by atoms with E-state index in [2.05, 4.69) is 19.9 Å². The Bertz CT molecular complexity index is 1270. The number of methoxy groups -OCH3 is 1. The lowest BCUT2D eigenvalue weighted by Crippen LogP contribution is -2.37. The first-order chi connectivity index (χ1) is 18.7. The number of ether oxygens (including phenoxy) is 3. The van der Waals surface area contributed by atoms with E-state index in [4.69, 9.17) is 19.9 Å². The zero-order valence-electron chi connectivity index (χ0n) is 21.4. The van der Waals surface area contributed by atoms with Gasteiger partial charge in [-0.05, 0) is 30.7 Å². The van der Waals surface area contributed by atoms with E-state index in [0.717, 1.165) is 17.5 Å². The fraction of sp³-hybridized carbons (Fsp3) is 0.400. The summed E-state index contributed by atoms with van der Waals surface area (Å²) in [5.74, 6) is 0.708. The van der Waals surface area contributed by atoms with E-state index in [9.17, 15) is 18.0 Å². The van der Waals surface area contributed by atoms with Crippen molar-refractivity contribution in [3.05, 3.63) is 54.0 Å². The van der Waals surface area contributed by atoms with Crippen LogP contribution in [0.2, 0.25) is 0 Å². The number of anilines is 2. The molecule has 3 aromatic rings. The van der Waals surface area contributed by atoms with Gasteiger partial charge in [-0.1, -0.05) is 12.1 Å². The normalized spacial score (nSPS) is 17.4. The maximum Gasteiger partial charge on any atom is 0.434 e. The van der Waals surface area contributed by atoms with E-state index < -0.39 is 17.8 Å². The molecule has 14 heteroatoms. The lowest BCUT2D eigenvalue weighted by atomic mass is 10.1. The summed E-state index contributed by atoms with van der Waals surface area (Å²) in [5.41, 5.74) is 5.02. The zero-order chi connectivity index (χ0) is 28.0. The number of cyclic esters (lactones) is 1. The molecule has 1 aromatic carbocycles. The van der Waals surface area contributed by atoms with Crippen LogP contribution >= 0.6 is 0 Å². The number of halogens is 3. The number of nitrogen functional groups attached to an aromatic ring is 1. The monoisotopic (exact) mass is 547 g/mol. The Morgan fingerprint density at radius 1 is 1.10 bits per heavy atom. The molecule has 1 atom stereocenters. The predicted molar refractivity (Wildman–Crippen MR) is 135 cm³/mol. The van der Waals surface area contributed by atoms with Crippen LogP contribution in [0, 0.1) is 0 Å². The van der Waals surface area contributed by atoms with Gasteiger partial charge >= 0.3 is 12.3 Å². The van der Waals surface area contributed by atoms with Gasteiger partial charge in [0.25, 0.3) is 0 Å².